The molecular formula is C17H19N5O4. The number of nitrogens with one attached hydrogen (secondary N) is 1. The number of hydrogen-bond acceptors (Lipinski definition) is 8. The Hall–Kier alpha value is -2.59. The van der Waals surface area contributed by atoms with E-state index in [-0.39, 0.29) is 0 Å². The second-order valence-corrected chi connectivity index (χ2v) is 6.12. The van der Waals surface area contributed by atoms with Crippen molar-refractivity contribution in [1.29, 1.82) is 0 Å². The predicted molar refractivity (Wildman–Crippen MR) is 92.1 cm³/mol. The largest absolute Gasteiger partial charge is 0.394 e. The van der Waals surface area contributed by atoms with Crippen LogP contribution in [0.2, 0.25) is 0 Å². The zero-order chi connectivity index (χ0) is 18.1. The SMILES string of the molecule is OC[C@H]1OC(n2ncc3c(NCc4ccccc4)ncnc32)[C@H](O)[C@@H]1O. The van der Waals surface area contributed by atoms with E-state index in [0.29, 0.717) is 23.4 Å². The quantitative estimate of drug-likeness (QED) is 0.505. The van der Waals surface area contributed by atoms with Crippen molar-refractivity contribution in [3.8, 4) is 0 Å². The van der Waals surface area contributed by atoms with Crippen molar-refractivity contribution in [2.24, 2.45) is 0 Å². The highest BCUT2D eigenvalue weighted by atomic mass is 16.6. The molecule has 1 aromatic carbocycles. The van der Waals surface area contributed by atoms with E-state index in [0.717, 1.165) is 5.56 Å². The molecule has 2 aromatic heterocycles. The number of aromatic nitrogens is 4. The molecule has 4 atom stereocenters. The highest BCUT2D eigenvalue weighted by Gasteiger charge is 2.44. The number of aliphatic hydroxyl groups is 3. The Labute approximate surface area is 148 Å². The fourth-order valence-electron chi connectivity index (χ4n) is 3.05. The van der Waals surface area contributed by atoms with Gasteiger partial charge in [0.15, 0.2) is 11.9 Å². The van der Waals surface area contributed by atoms with E-state index in [1.54, 1.807) is 6.20 Å². The summed E-state index contributed by atoms with van der Waals surface area (Å²) in [4.78, 5) is 8.48. The van der Waals surface area contributed by atoms with Gasteiger partial charge in [0.05, 0.1) is 18.2 Å². The van der Waals surface area contributed by atoms with Gasteiger partial charge in [-0.3, -0.25) is 0 Å². The Bertz CT molecular complexity index is 887. The van der Waals surface area contributed by atoms with Crippen LogP contribution in [0.15, 0.2) is 42.9 Å². The summed E-state index contributed by atoms with van der Waals surface area (Å²) in [6.45, 7) is 0.193. The van der Waals surface area contributed by atoms with Crippen LogP contribution in [0.5, 0.6) is 0 Å². The van der Waals surface area contributed by atoms with Gasteiger partial charge in [0.25, 0.3) is 0 Å². The maximum Gasteiger partial charge on any atom is 0.181 e. The summed E-state index contributed by atoms with van der Waals surface area (Å²) in [5.41, 5.74) is 1.57. The van der Waals surface area contributed by atoms with E-state index in [1.165, 1.54) is 11.0 Å². The van der Waals surface area contributed by atoms with Crippen LogP contribution in [-0.4, -0.2) is 60.0 Å². The van der Waals surface area contributed by atoms with Gasteiger partial charge in [0, 0.05) is 6.54 Å². The monoisotopic (exact) mass is 357 g/mol. The zero-order valence-corrected chi connectivity index (χ0v) is 13.8. The van der Waals surface area contributed by atoms with Gasteiger partial charge in [-0.2, -0.15) is 5.10 Å². The third-order valence-corrected chi connectivity index (χ3v) is 4.45. The van der Waals surface area contributed by atoms with Crippen LogP contribution in [-0.2, 0) is 11.3 Å². The minimum absolute atomic E-state index is 0.396. The van der Waals surface area contributed by atoms with Crippen molar-refractivity contribution >= 4 is 16.9 Å². The third kappa shape index (κ3) is 2.90. The van der Waals surface area contributed by atoms with Gasteiger partial charge in [-0.25, -0.2) is 14.6 Å². The van der Waals surface area contributed by atoms with Gasteiger partial charge in [0.1, 0.15) is 30.5 Å². The number of hydrogen-bond donors (Lipinski definition) is 4. The van der Waals surface area contributed by atoms with E-state index in [9.17, 15) is 15.3 Å². The van der Waals surface area contributed by atoms with Gasteiger partial charge < -0.3 is 25.4 Å². The lowest BCUT2D eigenvalue weighted by Crippen LogP contribution is -2.33. The lowest BCUT2D eigenvalue weighted by molar-refractivity contribution is -0.0566. The number of fused-ring (bicyclic) bond motifs is 1. The van der Waals surface area contributed by atoms with Crippen LogP contribution in [0.25, 0.3) is 11.0 Å². The number of benzene rings is 1. The van der Waals surface area contributed by atoms with Gasteiger partial charge in [-0.1, -0.05) is 30.3 Å². The summed E-state index contributed by atoms with van der Waals surface area (Å²) in [6.07, 6.45) is -1.23. The lowest BCUT2D eigenvalue weighted by atomic mass is 10.1. The van der Waals surface area contributed by atoms with E-state index in [4.69, 9.17) is 4.74 Å². The second kappa shape index (κ2) is 6.96. The van der Waals surface area contributed by atoms with Crippen LogP contribution < -0.4 is 5.32 Å². The van der Waals surface area contributed by atoms with Crippen LogP contribution in [0.4, 0.5) is 5.82 Å². The molecule has 9 heteroatoms. The number of anilines is 1. The van der Waals surface area contributed by atoms with Gasteiger partial charge in [-0.05, 0) is 5.56 Å². The van der Waals surface area contributed by atoms with Crippen molar-refractivity contribution in [2.45, 2.75) is 31.1 Å². The molecule has 3 heterocycles. The molecule has 1 fully saturated rings. The smallest absolute Gasteiger partial charge is 0.181 e. The van der Waals surface area contributed by atoms with Crippen molar-refractivity contribution in [3.63, 3.8) is 0 Å². The summed E-state index contributed by atoms with van der Waals surface area (Å²) in [6, 6.07) is 9.90. The molecule has 4 N–H and O–H groups in total. The molecule has 0 bridgehead atoms. The van der Waals surface area contributed by atoms with E-state index in [2.05, 4.69) is 20.4 Å². The summed E-state index contributed by atoms with van der Waals surface area (Å²) in [5, 5.41) is 37.6. The highest BCUT2D eigenvalue weighted by molar-refractivity contribution is 5.86. The average Bonchev–Trinajstić information content (AvgIpc) is 3.23. The van der Waals surface area contributed by atoms with Gasteiger partial charge in [0.2, 0.25) is 0 Å². The van der Waals surface area contributed by atoms with Crippen molar-refractivity contribution < 1.29 is 20.1 Å². The van der Waals surface area contributed by atoms with Crippen LogP contribution >= 0.6 is 0 Å². The molecule has 1 aliphatic heterocycles. The third-order valence-electron chi connectivity index (χ3n) is 4.45. The highest BCUT2D eigenvalue weighted by Crippen LogP contribution is 2.31. The molecule has 4 rings (SSSR count). The molecule has 1 saturated heterocycles. The topological polar surface area (TPSA) is 126 Å². The molecule has 0 aliphatic carbocycles. The Morgan fingerprint density at radius 3 is 2.65 bits per heavy atom. The van der Waals surface area contributed by atoms with Crippen LogP contribution in [0, 0.1) is 0 Å². The molecule has 1 aliphatic rings. The number of ether oxygens (including phenoxy) is 1. The van der Waals surface area contributed by atoms with Crippen LogP contribution in [0.1, 0.15) is 11.8 Å². The standard InChI is InChI=1S/C17H19N5O4/c23-8-12-13(24)14(25)17(26-12)22-16-11(7-21-22)15(19-9-20-16)18-6-10-4-2-1-3-5-10/h1-5,7,9,12-14,17,23-25H,6,8H2,(H,18,19,20)/t12-,13-,14-,17?/m1/s1. The fourth-order valence-corrected chi connectivity index (χ4v) is 3.05. The first kappa shape index (κ1) is 16.9. The average molecular weight is 357 g/mol. The molecule has 3 aromatic rings. The van der Waals surface area contributed by atoms with Crippen LogP contribution in [0.3, 0.4) is 0 Å². The van der Waals surface area contributed by atoms with Gasteiger partial charge in [-0.15, -0.1) is 0 Å². The number of nitrogens with zero attached hydrogens (tertiary/aromatic N) is 4. The minimum Gasteiger partial charge on any atom is -0.394 e. The molecule has 0 radical (unpaired) electrons. The molecule has 0 saturated carbocycles. The number of aliphatic hydroxyl groups excluding tert-OH is 3. The van der Waals surface area contributed by atoms with Crippen molar-refractivity contribution in [2.75, 3.05) is 11.9 Å². The Morgan fingerprint density at radius 2 is 1.92 bits per heavy atom. The minimum atomic E-state index is -1.22. The maximum absolute atomic E-state index is 10.2. The summed E-state index contributed by atoms with van der Waals surface area (Å²) >= 11 is 0. The molecular weight excluding hydrogens is 338 g/mol. The van der Waals surface area contributed by atoms with Gasteiger partial charge >= 0.3 is 0 Å². The van der Waals surface area contributed by atoms with E-state index < -0.39 is 31.1 Å². The first-order chi connectivity index (χ1) is 12.7. The first-order valence-corrected chi connectivity index (χ1v) is 8.27. The summed E-state index contributed by atoms with van der Waals surface area (Å²) in [7, 11) is 0. The van der Waals surface area contributed by atoms with E-state index >= 15 is 0 Å². The normalized spacial score (nSPS) is 25.7. The molecule has 0 spiro atoms. The fraction of sp³-hybridized carbons (Fsp3) is 0.353. The first-order valence-electron chi connectivity index (χ1n) is 8.27. The summed E-state index contributed by atoms with van der Waals surface area (Å²) < 4.78 is 6.92. The Morgan fingerprint density at radius 1 is 1.12 bits per heavy atom. The maximum atomic E-state index is 10.2. The lowest BCUT2D eigenvalue weighted by Gasteiger charge is -2.15. The summed E-state index contributed by atoms with van der Waals surface area (Å²) in [5.74, 6) is 0.608. The zero-order valence-electron chi connectivity index (χ0n) is 13.8. The van der Waals surface area contributed by atoms with Crippen molar-refractivity contribution in [1.82, 2.24) is 19.7 Å². The molecule has 0 amide bonds. The second-order valence-electron chi connectivity index (χ2n) is 6.12. The molecule has 136 valence electrons. The molecule has 26 heavy (non-hydrogen) atoms. The predicted octanol–water partition coefficient (Wildman–Crippen LogP) is 0.0499. The molecule has 1 unspecified atom stereocenters. The number of rotatable bonds is 5. The van der Waals surface area contributed by atoms with Crippen molar-refractivity contribution in [3.05, 3.63) is 48.4 Å². The molecule has 9 nitrogen and oxygen atoms in total. The Kier molecular flexibility index (Phi) is 4.51. The Balaban J connectivity index is 1.61. The van der Waals surface area contributed by atoms with E-state index in [1.807, 2.05) is 30.3 Å².